The molecule has 18 heavy (non-hydrogen) atoms. The molecular formula is C14H14O4. The number of rotatable bonds is 2. The molecule has 0 N–H and O–H groups in total. The Bertz CT molecular complexity index is 432. The predicted molar refractivity (Wildman–Crippen MR) is 67.7 cm³/mol. The molecule has 0 saturated carbocycles. The maximum Gasteiger partial charge on any atom is 0.185 e. The summed E-state index contributed by atoms with van der Waals surface area (Å²) in [4.78, 5) is 28.6. The van der Waals surface area contributed by atoms with Crippen LogP contribution in [0.4, 0.5) is 0 Å². The first kappa shape index (κ1) is 15.5. The zero-order valence-corrected chi connectivity index (χ0v) is 9.98. The zero-order chi connectivity index (χ0) is 13.6. The van der Waals surface area contributed by atoms with Gasteiger partial charge in [-0.3, -0.25) is 9.59 Å². The SMILES string of the molecule is CC=O.O=Cc1ccccc1.O=Cc1ccco1. The Labute approximate surface area is 105 Å². The number of hydrogen-bond acceptors (Lipinski definition) is 4. The predicted octanol–water partition coefficient (Wildman–Crippen LogP) is 2.80. The van der Waals surface area contributed by atoms with Crippen molar-refractivity contribution in [2.75, 3.05) is 0 Å². The first-order chi connectivity index (χ1) is 8.78. The van der Waals surface area contributed by atoms with Gasteiger partial charge >= 0.3 is 0 Å². The fourth-order valence-electron chi connectivity index (χ4n) is 0.890. The van der Waals surface area contributed by atoms with Gasteiger partial charge < -0.3 is 9.21 Å². The molecule has 0 aliphatic carbocycles. The number of aldehydes is 3. The smallest absolute Gasteiger partial charge is 0.185 e. The highest BCUT2D eigenvalue weighted by Crippen LogP contribution is 1.93. The quantitative estimate of drug-likeness (QED) is 0.764. The van der Waals surface area contributed by atoms with Crippen molar-refractivity contribution in [2.24, 2.45) is 0 Å². The molecule has 2 rings (SSSR count). The Morgan fingerprint density at radius 1 is 0.889 bits per heavy atom. The number of furan rings is 1. The Morgan fingerprint density at radius 2 is 1.50 bits per heavy atom. The summed E-state index contributed by atoms with van der Waals surface area (Å²) < 4.78 is 4.61. The average molecular weight is 246 g/mol. The lowest BCUT2D eigenvalue weighted by molar-refractivity contribution is -0.106. The fraction of sp³-hybridized carbons (Fsp3) is 0.0714. The molecule has 0 spiro atoms. The molecule has 2 aromatic rings. The van der Waals surface area contributed by atoms with Gasteiger partial charge in [-0.1, -0.05) is 30.3 Å². The second-order valence-electron chi connectivity index (χ2n) is 2.90. The molecule has 4 heteroatoms. The highest BCUT2D eigenvalue weighted by atomic mass is 16.3. The minimum absolute atomic E-state index is 0.375. The first-order valence-electron chi connectivity index (χ1n) is 5.17. The standard InChI is InChI=1S/C7H6O.C5H4O2.C2H4O/c8-6-7-4-2-1-3-5-7;6-4-5-2-1-3-7-5;1-2-3/h1-6H;1-4H;2H,1H3. The van der Waals surface area contributed by atoms with Gasteiger partial charge in [0, 0.05) is 5.56 Å². The monoisotopic (exact) mass is 246 g/mol. The van der Waals surface area contributed by atoms with E-state index in [-0.39, 0.29) is 0 Å². The molecule has 0 unspecified atom stereocenters. The topological polar surface area (TPSA) is 64.3 Å². The summed E-state index contributed by atoms with van der Waals surface area (Å²) >= 11 is 0. The van der Waals surface area contributed by atoms with Crippen molar-refractivity contribution < 1.29 is 18.8 Å². The van der Waals surface area contributed by atoms with E-state index in [2.05, 4.69) is 4.42 Å². The second kappa shape index (κ2) is 11.0. The molecule has 0 saturated heterocycles. The van der Waals surface area contributed by atoms with Crippen LogP contribution in [0.15, 0.2) is 53.1 Å². The lowest BCUT2D eigenvalue weighted by atomic mass is 10.2. The highest BCUT2D eigenvalue weighted by Gasteiger charge is 1.84. The minimum atomic E-state index is 0.375. The van der Waals surface area contributed by atoms with E-state index in [1.165, 1.54) is 13.2 Å². The van der Waals surface area contributed by atoms with Crippen molar-refractivity contribution in [1.29, 1.82) is 0 Å². The van der Waals surface area contributed by atoms with Gasteiger partial charge in [0.25, 0.3) is 0 Å². The number of hydrogen-bond donors (Lipinski definition) is 0. The van der Waals surface area contributed by atoms with Crippen LogP contribution in [-0.4, -0.2) is 18.9 Å². The van der Waals surface area contributed by atoms with Gasteiger partial charge in [0.15, 0.2) is 12.0 Å². The van der Waals surface area contributed by atoms with Crippen LogP contribution in [0, 0.1) is 0 Å². The van der Waals surface area contributed by atoms with Gasteiger partial charge in [0.2, 0.25) is 0 Å². The van der Waals surface area contributed by atoms with Crippen LogP contribution in [0.5, 0.6) is 0 Å². The Hall–Kier alpha value is -2.49. The van der Waals surface area contributed by atoms with Crippen molar-refractivity contribution in [3.63, 3.8) is 0 Å². The third kappa shape index (κ3) is 7.76. The van der Waals surface area contributed by atoms with Gasteiger partial charge in [-0.25, -0.2) is 0 Å². The lowest BCUT2D eigenvalue weighted by Crippen LogP contribution is -1.73. The van der Waals surface area contributed by atoms with Crippen molar-refractivity contribution in [3.8, 4) is 0 Å². The molecule has 1 heterocycles. The van der Waals surface area contributed by atoms with Crippen molar-refractivity contribution >= 4 is 18.9 Å². The van der Waals surface area contributed by atoms with Crippen LogP contribution < -0.4 is 0 Å². The maximum absolute atomic E-state index is 10.0. The zero-order valence-electron chi connectivity index (χ0n) is 9.98. The van der Waals surface area contributed by atoms with Gasteiger partial charge in [0.1, 0.15) is 12.6 Å². The van der Waals surface area contributed by atoms with Crippen LogP contribution in [0.25, 0.3) is 0 Å². The summed E-state index contributed by atoms with van der Waals surface area (Å²) in [6.45, 7) is 1.44. The number of carbonyl (C=O) groups is 3. The molecular weight excluding hydrogens is 232 g/mol. The Morgan fingerprint density at radius 3 is 1.78 bits per heavy atom. The fourth-order valence-corrected chi connectivity index (χ4v) is 0.890. The van der Waals surface area contributed by atoms with Crippen LogP contribution in [-0.2, 0) is 4.79 Å². The van der Waals surface area contributed by atoms with E-state index in [1.54, 1.807) is 24.3 Å². The average Bonchev–Trinajstić information content (AvgIpc) is 2.94. The summed E-state index contributed by atoms with van der Waals surface area (Å²) in [6, 6.07) is 12.4. The van der Waals surface area contributed by atoms with Gasteiger partial charge in [-0.05, 0) is 19.1 Å². The molecule has 94 valence electrons. The van der Waals surface area contributed by atoms with E-state index in [4.69, 9.17) is 4.79 Å². The van der Waals surface area contributed by atoms with Crippen LogP contribution in [0.3, 0.4) is 0 Å². The van der Waals surface area contributed by atoms with Crippen LogP contribution in [0.1, 0.15) is 27.8 Å². The molecule has 0 atom stereocenters. The summed E-state index contributed by atoms with van der Waals surface area (Å²) in [7, 11) is 0. The molecule has 0 fully saturated rings. The van der Waals surface area contributed by atoms with E-state index >= 15 is 0 Å². The first-order valence-corrected chi connectivity index (χ1v) is 5.17. The number of carbonyl (C=O) groups excluding carboxylic acids is 3. The molecule has 1 aromatic heterocycles. The third-order valence-corrected chi connectivity index (χ3v) is 1.59. The number of benzene rings is 1. The van der Waals surface area contributed by atoms with Crippen LogP contribution in [0.2, 0.25) is 0 Å². The third-order valence-electron chi connectivity index (χ3n) is 1.59. The molecule has 1 aromatic carbocycles. The molecule has 0 amide bonds. The summed E-state index contributed by atoms with van der Waals surface area (Å²) in [6.07, 6.45) is 3.71. The van der Waals surface area contributed by atoms with Crippen LogP contribution >= 0.6 is 0 Å². The Balaban J connectivity index is 0.000000267. The van der Waals surface area contributed by atoms with E-state index in [1.807, 2.05) is 18.2 Å². The van der Waals surface area contributed by atoms with E-state index < -0.39 is 0 Å². The van der Waals surface area contributed by atoms with Gasteiger partial charge in [-0.15, -0.1) is 0 Å². The van der Waals surface area contributed by atoms with E-state index in [0.717, 1.165) is 18.1 Å². The highest BCUT2D eigenvalue weighted by molar-refractivity contribution is 5.74. The molecule has 4 nitrogen and oxygen atoms in total. The van der Waals surface area contributed by atoms with E-state index in [9.17, 15) is 9.59 Å². The minimum Gasteiger partial charge on any atom is -0.462 e. The summed E-state index contributed by atoms with van der Waals surface area (Å²) in [5, 5.41) is 0. The summed E-state index contributed by atoms with van der Waals surface area (Å²) in [5.74, 6) is 0.375. The van der Waals surface area contributed by atoms with Crippen molar-refractivity contribution in [1.82, 2.24) is 0 Å². The van der Waals surface area contributed by atoms with Gasteiger partial charge in [0.05, 0.1) is 6.26 Å². The van der Waals surface area contributed by atoms with Gasteiger partial charge in [-0.2, -0.15) is 0 Å². The molecule has 0 radical (unpaired) electrons. The van der Waals surface area contributed by atoms with E-state index in [0.29, 0.717) is 12.0 Å². The van der Waals surface area contributed by atoms with Crippen molar-refractivity contribution in [2.45, 2.75) is 6.92 Å². The second-order valence-corrected chi connectivity index (χ2v) is 2.90. The molecule has 0 aliphatic rings. The summed E-state index contributed by atoms with van der Waals surface area (Å²) in [5.41, 5.74) is 0.729. The molecule has 0 aliphatic heterocycles. The Kier molecular flexibility index (Phi) is 9.49. The normalized spacial score (nSPS) is 7.83. The molecule has 0 bridgehead atoms. The maximum atomic E-state index is 10.0. The lowest BCUT2D eigenvalue weighted by Gasteiger charge is -1.81. The largest absolute Gasteiger partial charge is 0.462 e. The van der Waals surface area contributed by atoms with Crippen molar-refractivity contribution in [3.05, 3.63) is 60.1 Å².